The molecule has 0 aromatic heterocycles. The minimum atomic E-state index is -0.894. The molecule has 1 fully saturated rings. The molecule has 2 N–H and O–H groups in total. The van der Waals surface area contributed by atoms with E-state index in [-0.39, 0.29) is 11.9 Å². The number of amides is 1. The van der Waals surface area contributed by atoms with Crippen molar-refractivity contribution in [1.29, 1.82) is 5.26 Å². The van der Waals surface area contributed by atoms with Crippen LogP contribution < -0.4 is 10.1 Å². The van der Waals surface area contributed by atoms with Gasteiger partial charge in [0.1, 0.15) is 17.5 Å². The van der Waals surface area contributed by atoms with E-state index in [4.69, 9.17) is 4.74 Å². The van der Waals surface area contributed by atoms with Crippen molar-refractivity contribution in [3.05, 3.63) is 29.3 Å². The van der Waals surface area contributed by atoms with E-state index in [1.165, 1.54) is 0 Å². The number of nitrogens with one attached hydrogen (secondary N) is 1. The zero-order valence-electron chi connectivity index (χ0n) is 14.2. The number of carbonyl (C=O) groups excluding carboxylic acids is 1. The molecule has 24 heavy (non-hydrogen) atoms. The molecule has 0 aliphatic carbocycles. The third-order valence-electron chi connectivity index (χ3n) is 4.97. The number of hydrogen-bond acceptors (Lipinski definition) is 5. The van der Waals surface area contributed by atoms with Gasteiger partial charge in [-0.05, 0) is 51.4 Å². The lowest BCUT2D eigenvalue weighted by molar-refractivity contribution is -0.143. The SMILES string of the molecule is CN(C(=O)[C@@H]1CCCN1)C1c2cc(C#N)ccc2OC(C)(C)C1O. The fourth-order valence-electron chi connectivity index (χ4n) is 3.53. The largest absolute Gasteiger partial charge is 0.485 e. The topological polar surface area (TPSA) is 85.6 Å². The van der Waals surface area contributed by atoms with Crippen LogP contribution in [0.25, 0.3) is 0 Å². The Balaban J connectivity index is 2.01. The molecule has 0 radical (unpaired) electrons. The standard InChI is InChI=1S/C18H23N3O3/c1-18(2)16(22)15(21(3)17(23)13-5-4-8-20-13)12-9-11(10-19)6-7-14(12)24-18/h6-7,9,13,15-16,20,22H,4-5,8H2,1-3H3/t13-,15?,16?/m0/s1. The highest BCUT2D eigenvalue weighted by atomic mass is 16.5. The molecule has 128 valence electrons. The predicted molar refractivity (Wildman–Crippen MR) is 88.4 cm³/mol. The Hall–Kier alpha value is -2.10. The lowest BCUT2D eigenvalue weighted by Crippen LogP contribution is -2.55. The van der Waals surface area contributed by atoms with Gasteiger partial charge in [-0.25, -0.2) is 0 Å². The van der Waals surface area contributed by atoms with Crippen molar-refractivity contribution in [3.8, 4) is 11.8 Å². The quantitative estimate of drug-likeness (QED) is 0.855. The number of carbonyl (C=O) groups is 1. The van der Waals surface area contributed by atoms with Crippen LogP contribution in [0.1, 0.15) is 43.9 Å². The molecule has 1 saturated heterocycles. The second-order valence-electron chi connectivity index (χ2n) is 7.06. The number of nitriles is 1. The third kappa shape index (κ3) is 2.74. The molecule has 6 heteroatoms. The average Bonchev–Trinajstić information content (AvgIpc) is 3.08. The number of fused-ring (bicyclic) bond motifs is 1. The maximum absolute atomic E-state index is 12.8. The highest BCUT2D eigenvalue weighted by Crippen LogP contribution is 2.43. The van der Waals surface area contributed by atoms with Crippen molar-refractivity contribution in [2.45, 2.75) is 50.5 Å². The number of benzene rings is 1. The van der Waals surface area contributed by atoms with E-state index in [1.807, 2.05) is 0 Å². The minimum Gasteiger partial charge on any atom is -0.485 e. The van der Waals surface area contributed by atoms with E-state index >= 15 is 0 Å². The first kappa shape index (κ1) is 16.7. The van der Waals surface area contributed by atoms with Crippen molar-refractivity contribution >= 4 is 5.91 Å². The van der Waals surface area contributed by atoms with Gasteiger partial charge in [0, 0.05) is 12.6 Å². The maximum Gasteiger partial charge on any atom is 0.240 e. The molecular weight excluding hydrogens is 306 g/mol. The van der Waals surface area contributed by atoms with Crippen LogP contribution in [-0.2, 0) is 4.79 Å². The monoisotopic (exact) mass is 329 g/mol. The summed E-state index contributed by atoms with van der Waals surface area (Å²) in [6.45, 7) is 4.44. The van der Waals surface area contributed by atoms with Crippen molar-refractivity contribution in [2.24, 2.45) is 0 Å². The number of likely N-dealkylation sites (N-methyl/N-ethyl adjacent to an activating group) is 1. The Labute approximate surface area is 142 Å². The van der Waals surface area contributed by atoms with Gasteiger partial charge in [-0.2, -0.15) is 5.26 Å². The van der Waals surface area contributed by atoms with Crippen molar-refractivity contribution in [2.75, 3.05) is 13.6 Å². The molecule has 2 aliphatic rings. The van der Waals surface area contributed by atoms with Gasteiger partial charge < -0.3 is 20.1 Å². The number of ether oxygens (including phenoxy) is 1. The molecule has 1 aromatic carbocycles. The number of aliphatic hydroxyl groups is 1. The Bertz CT molecular complexity index is 689. The van der Waals surface area contributed by atoms with E-state index in [2.05, 4.69) is 11.4 Å². The number of aliphatic hydroxyl groups excluding tert-OH is 1. The zero-order chi connectivity index (χ0) is 17.5. The van der Waals surface area contributed by atoms with E-state index in [9.17, 15) is 15.2 Å². The highest BCUT2D eigenvalue weighted by molar-refractivity contribution is 5.82. The molecule has 0 spiro atoms. The van der Waals surface area contributed by atoms with Gasteiger partial charge in [0.15, 0.2) is 0 Å². The Morgan fingerprint density at radius 2 is 2.25 bits per heavy atom. The second-order valence-corrected chi connectivity index (χ2v) is 7.06. The zero-order valence-corrected chi connectivity index (χ0v) is 14.2. The number of nitrogens with zero attached hydrogens (tertiary/aromatic N) is 2. The lowest BCUT2D eigenvalue weighted by Gasteiger charge is -2.45. The normalized spacial score (nSPS) is 27.7. The molecule has 3 atom stereocenters. The summed E-state index contributed by atoms with van der Waals surface area (Å²) >= 11 is 0. The van der Waals surface area contributed by atoms with Crippen LogP contribution >= 0.6 is 0 Å². The van der Waals surface area contributed by atoms with Crippen LogP contribution in [0.4, 0.5) is 0 Å². The Kier molecular flexibility index (Phi) is 4.24. The van der Waals surface area contributed by atoms with Gasteiger partial charge in [0.05, 0.1) is 23.7 Å². The summed E-state index contributed by atoms with van der Waals surface area (Å²) in [5.41, 5.74) is 0.326. The summed E-state index contributed by atoms with van der Waals surface area (Å²) in [5, 5.41) is 23.2. The molecule has 0 saturated carbocycles. The minimum absolute atomic E-state index is 0.0393. The first-order valence-electron chi connectivity index (χ1n) is 8.26. The van der Waals surface area contributed by atoms with Crippen molar-refractivity contribution in [1.82, 2.24) is 10.2 Å². The molecular formula is C18H23N3O3. The molecule has 0 bridgehead atoms. The summed E-state index contributed by atoms with van der Waals surface area (Å²) in [7, 11) is 1.71. The fourth-order valence-corrected chi connectivity index (χ4v) is 3.53. The molecule has 2 heterocycles. The van der Waals surface area contributed by atoms with Crippen LogP contribution in [0.2, 0.25) is 0 Å². The molecule has 2 unspecified atom stereocenters. The maximum atomic E-state index is 12.8. The van der Waals surface area contributed by atoms with Crippen LogP contribution in [0.5, 0.6) is 5.75 Å². The van der Waals surface area contributed by atoms with E-state index in [0.717, 1.165) is 19.4 Å². The second kappa shape index (κ2) is 6.08. The third-order valence-corrected chi connectivity index (χ3v) is 4.97. The van der Waals surface area contributed by atoms with E-state index in [0.29, 0.717) is 16.9 Å². The van der Waals surface area contributed by atoms with Gasteiger partial charge >= 0.3 is 0 Å². The molecule has 1 aromatic rings. The van der Waals surface area contributed by atoms with Crippen molar-refractivity contribution < 1.29 is 14.6 Å². The molecule has 6 nitrogen and oxygen atoms in total. The average molecular weight is 329 g/mol. The number of hydrogen-bond donors (Lipinski definition) is 2. The van der Waals surface area contributed by atoms with E-state index in [1.54, 1.807) is 44.0 Å². The van der Waals surface area contributed by atoms with Crippen LogP contribution in [0.3, 0.4) is 0 Å². The van der Waals surface area contributed by atoms with Crippen LogP contribution in [0, 0.1) is 11.3 Å². The van der Waals surface area contributed by atoms with E-state index < -0.39 is 17.7 Å². The summed E-state index contributed by atoms with van der Waals surface area (Å²) in [6.07, 6.45) is 0.882. The Morgan fingerprint density at radius 3 is 2.88 bits per heavy atom. The lowest BCUT2D eigenvalue weighted by atomic mass is 9.85. The first-order valence-corrected chi connectivity index (χ1v) is 8.26. The summed E-state index contributed by atoms with van der Waals surface area (Å²) < 4.78 is 5.90. The van der Waals surface area contributed by atoms with Crippen LogP contribution in [-0.4, -0.2) is 47.3 Å². The molecule has 1 amide bonds. The highest BCUT2D eigenvalue weighted by Gasteiger charge is 2.46. The van der Waals surface area contributed by atoms with Gasteiger partial charge in [-0.3, -0.25) is 4.79 Å². The summed E-state index contributed by atoms with van der Waals surface area (Å²) in [4.78, 5) is 14.4. The smallest absolute Gasteiger partial charge is 0.240 e. The van der Waals surface area contributed by atoms with Gasteiger partial charge in [0.25, 0.3) is 0 Å². The predicted octanol–water partition coefficient (Wildman–Crippen LogP) is 1.34. The summed E-state index contributed by atoms with van der Waals surface area (Å²) in [5.74, 6) is 0.566. The molecule has 2 aliphatic heterocycles. The van der Waals surface area contributed by atoms with Gasteiger partial charge in [-0.1, -0.05) is 0 Å². The summed E-state index contributed by atoms with van der Waals surface area (Å²) in [6, 6.07) is 6.46. The van der Waals surface area contributed by atoms with Gasteiger partial charge in [0.2, 0.25) is 5.91 Å². The van der Waals surface area contributed by atoms with Crippen molar-refractivity contribution in [3.63, 3.8) is 0 Å². The fraction of sp³-hybridized carbons (Fsp3) is 0.556. The Morgan fingerprint density at radius 1 is 1.50 bits per heavy atom. The number of rotatable bonds is 2. The first-order chi connectivity index (χ1) is 11.3. The molecule has 3 rings (SSSR count). The van der Waals surface area contributed by atoms with Crippen LogP contribution in [0.15, 0.2) is 18.2 Å². The van der Waals surface area contributed by atoms with Gasteiger partial charge in [-0.15, -0.1) is 0 Å².